The average molecular weight is 246 g/mol. The van der Waals surface area contributed by atoms with Crippen molar-refractivity contribution in [3.63, 3.8) is 0 Å². The molecule has 0 atom stereocenters. The van der Waals surface area contributed by atoms with E-state index in [4.69, 9.17) is 10.5 Å². The molecular formula is C14H18N2O2. The number of hydrogen-bond acceptors (Lipinski definition) is 3. The van der Waals surface area contributed by atoms with Gasteiger partial charge in [-0.05, 0) is 44.5 Å². The maximum atomic E-state index is 11.8. The van der Waals surface area contributed by atoms with Crippen molar-refractivity contribution in [2.45, 2.75) is 32.8 Å². The fraction of sp³-hybridized carbons (Fsp3) is 0.357. The summed E-state index contributed by atoms with van der Waals surface area (Å²) in [7, 11) is 0. The molecule has 0 fully saturated rings. The highest BCUT2D eigenvalue weighted by atomic mass is 16.6. The Labute approximate surface area is 106 Å². The van der Waals surface area contributed by atoms with Crippen molar-refractivity contribution in [3.8, 4) is 0 Å². The molecule has 1 aromatic heterocycles. The third-order valence-corrected chi connectivity index (χ3v) is 2.55. The number of rotatable bonds is 2. The van der Waals surface area contributed by atoms with E-state index in [0.717, 1.165) is 16.5 Å². The Morgan fingerprint density at radius 3 is 2.78 bits per heavy atom. The summed E-state index contributed by atoms with van der Waals surface area (Å²) in [6, 6.07) is 5.60. The van der Waals surface area contributed by atoms with Crippen molar-refractivity contribution in [3.05, 3.63) is 30.0 Å². The highest BCUT2D eigenvalue weighted by Gasteiger charge is 2.17. The van der Waals surface area contributed by atoms with Gasteiger partial charge in [-0.15, -0.1) is 0 Å². The van der Waals surface area contributed by atoms with Crippen LogP contribution < -0.4 is 5.73 Å². The van der Waals surface area contributed by atoms with Gasteiger partial charge in [0.15, 0.2) is 0 Å². The molecule has 3 N–H and O–H groups in total. The predicted molar refractivity (Wildman–Crippen MR) is 72.3 cm³/mol. The largest absolute Gasteiger partial charge is 0.460 e. The number of fused-ring (bicyclic) bond motifs is 1. The summed E-state index contributed by atoms with van der Waals surface area (Å²) in [4.78, 5) is 14.9. The predicted octanol–water partition coefficient (Wildman–Crippen LogP) is 2.63. The Morgan fingerprint density at radius 2 is 2.11 bits per heavy atom. The zero-order valence-corrected chi connectivity index (χ0v) is 10.9. The third kappa shape index (κ3) is 2.83. The van der Waals surface area contributed by atoms with Gasteiger partial charge < -0.3 is 15.5 Å². The second-order valence-electron chi connectivity index (χ2n) is 5.38. The minimum Gasteiger partial charge on any atom is -0.460 e. The molecule has 4 nitrogen and oxygen atoms in total. The molecule has 4 heteroatoms. The van der Waals surface area contributed by atoms with Crippen molar-refractivity contribution in [2.24, 2.45) is 0 Å². The maximum Gasteiger partial charge on any atom is 0.310 e. The van der Waals surface area contributed by atoms with E-state index in [1.165, 1.54) is 0 Å². The molecule has 0 unspecified atom stereocenters. The minimum atomic E-state index is -0.456. The Balaban J connectivity index is 2.22. The van der Waals surface area contributed by atoms with Gasteiger partial charge in [0.25, 0.3) is 0 Å². The number of anilines is 1. The van der Waals surface area contributed by atoms with Gasteiger partial charge in [0, 0.05) is 22.8 Å². The Hall–Kier alpha value is -1.97. The van der Waals surface area contributed by atoms with Crippen LogP contribution in [0.15, 0.2) is 24.4 Å². The van der Waals surface area contributed by atoms with Gasteiger partial charge in [0.1, 0.15) is 5.60 Å². The van der Waals surface area contributed by atoms with Gasteiger partial charge in [-0.2, -0.15) is 0 Å². The SMILES string of the molecule is CC(C)(C)OC(=O)Cc1c[nH]c2ccc(N)cc12. The number of H-pyrrole nitrogens is 1. The molecule has 2 rings (SSSR count). The normalized spacial score (nSPS) is 11.7. The summed E-state index contributed by atoms with van der Waals surface area (Å²) in [6.07, 6.45) is 2.08. The number of carbonyl (C=O) groups is 1. The molecule has 1 aromatic carbocycles. The molecule has 96 valence electrons. The van der Waals surface area contributed by atoms with Crippen LogP contribution in [0.2, 0.25) is 0 Å². The van der Waals surface area contributed by atoms with Crippen LogP contribution in [0.4, 0.5) is 5.69 Å². The number of esters is 1. The zero-order valence-electron chi connectivity index (χ0n) is 10.9. The highest BCUT2D eigenvalue weighted by Crippen LogP contribution is 2.22. The smallest absolute Gasteiger partial charge is 0.310 e. The number of aromatic amines is 1. The first-order valence-electron chi connectivity index (χ1n) is 5.92. The first-order valence-corrected chi connectivity index (χ1v) is 5.92. The summed E-state index contributed by atoms with van der Waals surface area (Å²) < 4.78 is 5.31. The van der Waals surface area contributed by atoms with Crippen LogP contribution in [0.25, 0.3) is 10.9 Å². The van der Waals surface area contributed by atoms with Gasteiger partial charge in [-0.3, -0.25) is 4.79 Å². The quantitative estimate of drug-likeness (QED) is 0.632. The topological polar surface area (TPSA) is 68.1 Å². The van der Waals surface area contributed by atoms with Crippen LogP contribution in [-0.4, -0.2) is 16.6 Å². The Bertz CT molecular complexity index is 579. The lowest BCUT2D eigenvalue weighted by molar-refractivity contribution is -0.153. The lowest BCUT2D eigenvalue weighted by Gasteiger charge is -2.19. The van der Waals surface area contributed by atoms with Crippen molar-refractivity contribution in [2.75, 3.05) is 5.73 Å². The average Bonchev–Trinajstić information content (AvgIpc) is 2.58. The zero-order chi connectivity index (χ0) is 13.3. The monoisotopic (exact) mass is 246 g/mol. The van der Waals surface area contributed by atoms with Crippen molar-refractivity contribution in [1.29, 1.82) is 0 Å². The van der Waals surface area contributed by atoms with Crippen LogP contribution in [0.3, 0.4) is 0 Å². The molecule has 0 spiro atoms. The number of aromatic nitrogens is 1. The number of carbonyl (C=O) groups excluding carboxylic acids is 1. The van der Waals surface area contributed by atoms with Crippen LogP contribution in [-0.2, 0) is 16.0 Å². The molecule has 0 amide bonds. The maximum absolute atomic E-state index is 11.8. The van der Waals surface area contributed by atoms with E-state index < -0.39 is 5.60 Å². The summed E-state index contributed by atoms with van der Waals surface area (Å²) >= 11 is 0. The molecule has 0 aliphatic heterocycles. The number of nitrogen functional groups attached to an aromatic ring is 1. The van der Waals surface area contributed by atoms with E-state index >= 15 is 0 Å². The number of nitrogens with one attached hydrogen (secondary N) is 1. The fourth-order valence-electron chi connectivity index (χ4n) is 1.88. The summed E-state index contributed by atoms with van der Waals surface area (Å²) in [5, 5.41) is 0.973. The Morgan fingerprint density at radius 1 is 1.39 bits per heavy atom. The number of hydrogen-bond donors (Lipinski definition) is 2. The fourth-order valence-corrected chi connectivity index (χ4v) is 1.88. The first kappa shape index (κ1) is 12.5. The van der Waals surface area contributed by atoms with Crippen molar-refractivity contribution >= 4 is 22.6 Å². The lowest BCUT2D eigenvalue weighted by Crippen LogP contribution is -2.24. The standard InChI is InChI=1S/C14H18N2O2/c1-14(2,3)18-13(17)6-9-8-16-12-5-4-10(15)7-11(9)12/h4-5,7-8,16H,6,15H2,1-3H3. The summed E-state index contributed by atoms with van der Waals surface area (Å²) in [5.74, 6) is -0.231. The molecule has 0 radical (unpaired) electrons. The van der Waals surface area contributed by atoms with E-state index in [1.54, 1.807) is 0 Å². The van der Waals surface area contributed by atoms with Crippen molar-refractivity contribution in [1.82, 2.24) is 4.98 Å². The van der Waals surface area contributed by atoms with Gasteiger partial charge >= 0.3 is 5.97 Å². The molecule has 1 heterocycles. The van der Waals surface area contributed by atoms with E-state index in [-0.39, 0.29) is 12.4 Å². The first-order chi connectivity index (χ1) is 8.35. The van der Waals surface area contributed by atoms with Crippen LogP contribution in [0.1, 0.15) is 26.3 Å². The molecule has 2 aromatic rings. The van der Waals surface area contributed by atoms with Crippen molar-refractivity contribution < 1.29 is 9.53 Å². The van der Waals surface area contributed by atoms with Crippen LogP contribution in [0.5, 0.6) is 0 Å². The molecule has 0 saturated heterocycles. The number of nitrogens with two attached hydrogens (primary N) is 1. The van der Waals surface area contributed by atoms with E-state index in [0.29, 0.717) is 5.69 Å². The van der Waals surface area contributed by atoms with E-state index in [2.05, 4.69) is 4.98 Å². The summed E-state index contributed by atoms with van der Waals surface area (Å²) in [6.45, 7) is 5.58. The minimum absolute atomic E-state index is 0.231. The van der Waals surface area contributed by atoms with Gasteiger partial charge in [-0.25, -0.2) is 0 Å². The molecule has 0 bridgehead atoms. The molecule has 0 aliphatic carbocycles. The van der Waals surface area contributed by atoms with E-state index in [1.807, 2.05) is 45.2 Å². The second kappa shape index (κ2) is 4.37. The second-order valence-corrected chi connectivity index (χ2v) is 5.38. The summed E-state index contributed by atoms with van der Waals surface area (Å²) in [5.41, 5.74) is 7.87. The van der Waals surface area contributed by atoms with E-state index in [9.17, 15) is 4.79 Å². The molecular weight excluding hydrogens is 228 g/mol. The number of benzene rings is 1. The number of ether oxygens (including phenoxy) is 1. The van der Waals surface area contributed by atoms with Crippen LogP contribution >= 0.6 is 0 Å². The molecule has 18 heavy (non-hydrogen) atoms. The molecule has 0 saturated carbocycles. The molecule has 0 aliphatic rings. The third-order valence-electron chi connectivity index (χ3n) is 2.55. The van der Waals surface area contributed by atoms with Gasteiger partial charge in [-0.1, -0.05) is 0 Å². The highest BCUT2D eigenvalue weighted by molar-refractivity contribution is 5.89. The van der Waals surface area contributed by atoms with Gasteiger partial charge in [0.05, 0.1) is 6.42 Å². The Kier molecular flexibility index (Phi) is 3.03. The van der Waals surface area contributed by atoms with Gasteiger partial charge in [0.2, 0.25) is 0 Å². The van der Waals surface area contributed by atoms with Crippen LogP contribution in [0, 0.1) is 0 Å². The lowest BCUT2D eigenvalue weighted by atomic mass is 10.1.